The van der Waals surface area contributed by atoms with Gasteiger partial charge in [0.1, 0.15) is 5.82 Å². The van der Waals surface area contributed by atoms with Gasteiger partial charge in [0.25, 0.3) is 5.91 Å². The molecule has 0 bridgehead atoms. The van der Waals surface area contributed by atoms with Gasteiger partial charge in [0.2, 0.25) is 0 Å². The molecule has 0 spiro atoms. The van der Waals surface area contributed by atoms with Crippen LogP contribution < -0.4 is 4.90 Å². The lowest BCUT2D eigenvalue weighted by atomic mass is 9.96. The first-order valence-corrected chi connectivity index (χ1v) is 10.7. The lowest BCUT2D eigenvalue weighted by Crippen LogP contribution is -2.38. The molecular weight excluding hydrogens is 363 g/mol. The van der Waals surface area contributed by atoms with Gasteiger partial charge in [-0.25, -0.2) is 12.8 Å². The Morgan fingerprint density at radius 3 is 2.60 bits per heavy atom. The molecule has 2 heterocycles. The number of carbonyl (C=O) groups excluding carboxylic acids is 1. The molecule has 5 nitrogen and oxygen atoms in total. The summed E-state index contributed by atoms with van der Waals surface area (Å²) in [5, 5.41) is 0.258. The Morgan fingerprint density at radius 1 is 1.32 bits per heavy atom. The molecule has 1 aromatic carbocycles. The summed E-state index contributed by atoms with van der Waals surface area (Å²) in [4.78, 5) is 18.3. The van der Waals surface area contributed by atoms with Crippen molar-refractivity contribution < 1.29 is 17.6 Å². The molecule has 0 aromatic heterocycles. The van der Waals surface area contributed by atoms with Crippen LogP contribution >= 0.6 is 11.8 Å². The van der Waals surface area contributed by atoms with Gasteiger partial charge in [0.15, 0.2) is 15.0 Å². The van der Waals surface area contributed by atoms with Crippen LogP contribution in [0.4, 0.5) is 10.1 Å². The normalized spacial score (nSPS) is 26.9. The Balaban J connectivity index is 2.05. The molecule has 136 valence electrons. The summed E-state index contributed by atoms with van der Waals surface area (Å²) in [6, 6.07) is 4.43. The van der Waals surface area contributed by atoms with Gasteiger partial charge in [-0.2, -0.15) is 4.99 Å². The molecule has 2 atom stereocenters. The van der Waals surface area contributed by atoms with Crippen LogP contribution in [0.5, 0.6) is 0 Å². The zero-order valence-corrected chi connectivity index (χ0v) is 16.2. The summed E-state index contributed by atoms with van der Waals surface area (Å²) in [5.74, 6) is -0.609. The molecule has 3 rings (SSSR count). The largest absolute Gasteiger partial charge is 0.315 e. The molecule has 0 unspecified atom stereocenters. The fourth-order valence-electron chi connectivity index (χ4n) is 2.85. The fraction of sp³-hybridized carbons (Fsp3) is 0.529. The fourth-order valence-corrected chi connectivity index (χ4v) is 6.76. The van der Waals surface area contributed by atoms with Crippen molar-refractivity contribution in [3.8, 4) is 0 Å². The molecule has 1 amide bonds. The predicted octanol–water partition coefficient (Wildman–Crippen LogP) is 2.78. The maximum Gasteiger partial charge on any atom is 0.253 e. The van der Waals surface area contributed by atoms with E-state index in [1.54, 1.807) is 44.7 Å². The third-order valence-corrected chi connectivity index (χ3v) is 7.55. The van der Waals surface area contributed by atoms with Gasteiger partial charge in [-0.05, 0) is 24.6 Å². The Hall–Kier alpha value is -1.41. The number of sulfone groups is 1. The monoisotopic (exact) mass is 384 g/mol. The number of halogens is 1. The number of aliphatic imine (C=N–C) groups is 1. The van der Waals surface area contributed by atoms with Crippen LogP contribution in [0.3, 0.4) is 0 Å². The van der Waals surface area contributed by atoms with E-state index in [0.717, 1.165) is 0 Å². The van der Waals surface area contributed by atoms with Gasteiger partial charge >= 0.3 is 0 Å². The van der Waals surface area contributed by atoms with E-state index < -0.39 is 15.3 Å². The summed E-state index contributed by atoms with van der Waals surface area (Å²) in [5.41, 5.74) is 0.401. The summed E-state index contributed by atoms with van der Waals surface area (Å²) in [6.07, 6.45) is 0. The molecule has 2 saturated heterocycles. The first-order chi connectivity index (χ1) is 11.5. The van der Waals surface area contributed by atoms with Crippen LogP contribution in [0, 0.1) is 18.2 Å². The van der Waals surface area contributed by atoms with E-state index in [4.69, 9.17) is 0 Å². The molecular formula is C17H21FN2O3S2. The third-order valence-electron chi connectivity index (χ3n) is 4.34. The molecule has 25 heavy (non-hydrogen) atoms. The van der Waals surface area contributed by atoms with Crippen LogP contribution in [-0.2, 0) is 14.6 Å². The van der Waals surface area contributed by atoms with Gasteiger partial charge in [-0.1, -0.05) is 38.6 Å². The third kappa shape index (κ3) is 3.60. The lowest BCUT2D eigenvalue weighted by Gasteiger charge is -2.25. The molecule has 1 aromatic rings. The predicted molar refractivity (Wildman–Crippen MR) is 99.3 cm³/mol. The van der Waals surface area contributed by atoms with Crippen molar-refractivity contribution >= 4 is 38.4 Å². The van der Waals surface area contributed by atoms with E-state index in [1.165, 1.54) is 17.8 Å². The second-order valence-corrected chi connectivity index (χ2v) is 10.9. The zero-order valence-electron chi connectivity index (χ0n) is 14.6. The minimum absolute atomic E-state index is 0.0110. The summed E-state index contributed by atoms with van der Waals surface area (Å²) in [6.45, 7) is 7.00. The quantitative estimate of drug-likeness (QED) is 0.745. The van der Waals surface area contributed by atoms with Crippen molar-refractivity contribution in [2.24, 2.45) is 10.4 Å². The summed E-state index contributed by atoms with van der Waals surface area (Å²) in [7, 11) is -3.14. The van der Waals surface area contributed by atoms with Crippen molar-refractivity contribution in [1.82, 2.24) is 0 Å². The number of rotatable bonds is 1. The van der Waals surface area contributed by atoms with Gasteiger partial charge in [-0.15, -0.1) is 0 Å². The molecule has 0 saturated carbocycles. The van der Waals surface area contributed by atoms with E-state index in [2.05, 4.69) is 4.99 Å². The maximum absolute atomic E-state index is 14.0. The highest BCUT2D eigenvalue weighted by Crippen LogP contribution is 2.41. The Kier molecular flexibility index (Phi) is 4.48. The van der Waals surface area contributed by atoms with Crippen molar-refractivity contribution in [1.29, 1.82) is 0 Å². The summed E-state index contributed by atoms with van der Waals surface area (Å²) >= 11 is 1.29. The number of anilines is 1. The van der Waals surface area contributed by atoms with Crippen LogP contribution in [0.1, 0.15) is 26.3 Å². The van der Waals surface area contributed by atoms with Crippen molar-refractivity contribution in [2.45, 2.75) is 39.0 Å². The van der Waals surface area contributed by atoms with E-state index in [1.807, 2.05) is 0 Å². The first-order valence-electron chi connectivity index (χ1n) is 8.03. The highest BCUT2D eigenvalue weighted by atomic mass is 32.2. The topological polar surface area (TPSA) is 66.8 Å². The van der Waals surface area contributed by atoms with Gasteiger partial charge < -0.3 is 4.90 Å². The molecule has 0 N–H and O–H groups in total. The molecule has 2 aliphatic heterocycles. The van der Waals surface area contributed by atoms with E-state index in [-0.39, 0.29) is 34.5 Å². The Bertz CT molecular complexity index is 859. The molecule has 2 aliphatic rings. The number of amides is 1. The first kappa shape index (κ1) is 18.4. The SMILES string of the molecule is Cc1ccc(N2C(=NC(=O)C(C)(C)C)S[C@@H]3CS(=O)(=O)C[C@@H]32)cc1F. The number of aryl methyl sites for hydroxylation is 1. The van der Waals surface area contributed by atoms with E-state index in [9.17, 15) is 17.6 Å². The number of carbonyl (C=O) groups is 1. The number of fused-ring (bicyclic) bond motifs is 1. The number of thioether (sulfide) groups is 1. The van der Waals surface area contributed by atoms with Crippen molar-refractivity contribution in [3.05, 3.63) is 29.6 Å². The van der Waals surface area contributed by atoms with Crippen LogP contribution in [0.2, 0.25) is 0 Å². The number of hydrogen-bond donors (Lipinski definition) is 0. The van der Waals surface area contributed by atoms with E-state index in [0.29, 0.717) is 16.4 Å². The number of amidine groups is 1. The molecule has 8 heteroatoms. The standard InChI is InChI=1S/C17H21FN2O3S2/c1-10-5-6-11(7-12(10)18)20-13-8-25(22,23)9-14(13)24-16(20)19-15(21)17(2,3)4/h5-7,13-14H,8-9H2,1-4H3/t13-,14+/m0/s1. The maximum atomic E-state index is 14.0. The smallest absolute Gasteiger partial charge is 0.253 e. The average Bonchev–Trinajstić information content (AvgIpc) is 2.92. The number of hydrogen-bond acceptors (Lipinski definition) is 4. The molecule has 2 fully saturated rings. The highest BCUT2D eigenvalue weighted by Gasteiger charge is 2.49. The number of nitrogens with zero attached hydrogens (tertiary/aromatic N) is 2. The van der Waals surface area contributed by atoms with Gasteiger partial charge in [0, 0.05) is 16.4 Å². The van der Waals surface area contributed by atoms with Crippen LogP contribution in [-0.4, -0.2) is 42.3 Å². The highest BCUT2D eigenvalue weighted by molar-refractivity contribution is 8.16. The second kappa shape index (κ2) is 6.09. The second-order valence-electron chi connectivity index (χ2n) is 7.55. The summed E-state index contributed by atoms with van der Waals surface area (Å²) < 4.78 is 38.1. The Morgan fingerprint density at radius 2 is 2.00 bits per heavy atom. The Labute approximate surface area is 151 Å². The van der Waals surface area contributed by atoms with Crippen molar-refractivity contribution in [2.75, 3.05) is 16.4 Å². The molecule has 0 radical (unpaired) electrons. The van der Waals surface area contributed by atoms with Gasteiger partial charge in [-0.3, -0.25) is 4.79 Å². The van der Waals surface area contributed by atoms with Crippen molar-refractivity contribution in [3.63, 3.8) is 0 Å². The van der Waals surface area contributed by atoms with Crippen LogP contribution in [0.25, 0.3) is 0 Å². The lowest BCUT2D eigenvalue weighted by molar-refractivity contribution is -0.124. The van der Waals surface area contributed by atoms with Gasteiger partial charge in [0.05, 0.1) is 17.5 Å². The minimum Gasteiger partial charge on any atom is -0.315 e. The number of benzene rings is 1. The van der Waals surface area contributed by atoms with Crippen LogP contribution in [0.15, 0.2) is 23.2 Å². The minimum atomic E-state index is -3.14. The average molecular weight is 384 g/mol. The zero-order chi connectivity index (χ0) is 18.6. The molecule has 0 aliphatic carbocycles. The van der Waals surface area contributed by atoms with E-state index >= 15 is 0 Å².